The van der Waals surface area contributed by atoms with Gasteiger partial charge in [0.05, 0.1) is 6.10 Å². The smallest absolute Gasteiger partial charge is 0.331 e. The van der Waals surface area contributed by atoms with Crippen molar-refractivity contribution in [3.63, 3.8) is 0 Å². The van der Waals surface area contributed by atoms with Crippen LogP contribution in [0.25, 0.3) is 6.08 Å². The fourth-order valence-electron chi connectivity index (χ4n) is 4.97. The molecule has 0 spiro atoms. The van der Waals surface area contributed by atoms with Crippen molar-refractivity contribution in [2.45, 2.75) is 65.3 Å². The summed E-state index contributed by atoms with van der Waals surface area (Å²) < 4.78 is 6.00. The molecule has 29 heavy (non-hydrogen) atoms. The topological polar surface area (TPSA) is 76.0 Å². The molecule has 1 saturated carbocycles. The summed E-state index contributed by atoms with van der Waals surface area (Å²) in [6.07, 6.45) is 3.52. The number of ether oxygens (including phenoxy) is 1. The molecule has 0 aromatic heterocycles. The fourth-order valence-corrected chi connectivity index (χ4v) is 4.97. The van der Waals surface area contributed by atoms with E-state index >= 15 is 0 Å². The first-order valence-corrected chi connectivity index (χ1v) is 10.4. The van der Waals surface area contributed by atoms with Gasteiger partial charge in [-0.25, -0.2) is 9.68 Å². The second-order valence-electron chi connectivity index (χ2n) is 8.91. The molecule has 1 aromatic carbocycles. The highest BCUT2D eigenvalue weighted by atomic mass is 17.1. The van der Waals surface area contributed by atoms with E-state index in [1.165, 1.54) is 6.08 Å². The zero-order valence-corrected chi connectivity index (χ0v) is 17.7. The summed E-state index contributed by atoms with van der Waals surface area (Å²) in [6.45, 7) is 8.19. The average Bonchev–Trinajstić information content (AvgIpc) is 2.69. The van der Waals surface area contributed by atoms with Crippen LogP contribution in [0.2, 0.25) is 0 Å². The van der Waals surface area contributed by atoms with Crippen LogP contribution < -0.4 is 0 Å². The monoisotopic (exact) mass is 400 g/mol. The van der Waals surface area contributed by atoms with Gasteiger partial charge >= 0.3 is 5.97 Å². The van der Waals surface area contributed by atoms with E-state index < -0.39 is 29.7 Å². The Morgan fingerprint density at radius 2 is 1.97 bits per heavy atom. The van der Waals surface area contributed by atoms with Gasteiger partial charge in [-0.1, -0.05) is 51.1 Å². The largest absolute Gasteiger partial charge is 0.454 e. The molecule has 0 heterocycles. The quantitative estimate of drug-likeness (QED) is 0.248. The first kappa shape index (κ1) is 21.8. The van der Waals surface area contributed by atoms with Gasteiger partial charge < -0.3 is 9.84 Å². The molecule has 0 aliphatic heterocycles. The molecule has 0 bridgehead atoms. The molecule has 2 aliphatic rings. The molecule has 5 atom stereocenters. The van der Waals surface area contributed by atoms with Crippen molar-refractivity contribution in [3.8, 4) is 0 Å². The van der Waals surface area contributed by atoms with Crippen LogP contribution in [-0.4, -0.2) is 34.6 Å². The number of hydrogen-bond donors (Lipinski definition) is 2. The van der Waals surface area contributed by atoms with E-state index in [9.17, 15) is 15.2 Å². The number of carbonyl (C=O) groups excluding carboxylic acids is 1. The van der Waals surface area contributed by atoms with Gasteiger partial charge in [0.2, 0.25) is 0 Å². The Bertz CT molecular complexity index is 782. The maximum atomic E-state index is 12.7. The van der Waals surface area contributed by atoms with Crippen LogP contribution in [-0.2, 0) is 14.4 Å². The highest BCUT2D eigenvalue weighted by Gasteiger charge is 2.53. The molecule has 5 nitrogen and oxygen atoms in total. The third-order valence-electron chi connectivity index (χ3n) is 6.80. The van der Waals surface area contributed by atoms with Gasteiger partial charge in [-0.15, -0.1) is 0 Å². The first-order chi connectivity index (χ1) is 13.8. The molecule has 2 aliphatic carbocycles. The van der Waals surface area contributed by atoms with E-state index in [-0.39, 0.29) is 5.92 Å². The van der Waals surface area contributed by atoms with Crippen LogP contribution in [0.1, 0.15) is 52.5 Å². The molecule has 3 rings (SSSR count). The lowest BCUT2D eigenvalue weighted by molar-refractivity contribution is -0.278. The summed E-state index contributed by atoms with van der Waals surface area (Å²) in [5, 5.41) is 20.2. The third-order valence-corrected chi connectivity index (χ3v) is 6.80. The lowest BCUT2D eigenvalue weighted by Gasteiger charge is -2.52. The second-order valence-corrected chi connectivity index (χ2v) is 8.91. The van der Waals surface area contributed by atoms with Crippen molar-refractivity contribution in [1.82, 2.24) is 0 Å². The molecule has 158 valence electrons. The van der Waals surface area contributed by atoms with Crippen LogP contribution in [0.4, 0.5) is 0 Å². The number of aliphatic hydroxyl groups is 1. The Morgan fingerprint density at radius 3 is 2.59 bits per heavy atom. The maximum absolute atomic E-state index is 12.7. The minimum Gasteiger partial charge on any atom is -0.454 e. The highest BCUT2D eigenvalue weighted by Crippen LogP contribution is 2.53. The molecule has 0 saturated heterocycles. The predicted octanol–water partition coefficient (Wildman–Crippen LogP) is 4.62. The van der Waals surface area contributed by atoms with Crippen LogP contribution in [0.15, 0.2) is 47.6 Å². The van der Waals surface area contributed by atoms with Gasteiger partial charge in [-0.2, -0.15) is 0 Å². The number of rotatable bonds is 5. The van der Waals surface area contributed by atoms with Gasteiger partial charge in [0, 0.05) is 23.8 Å². The van der Waals surface area contributed by atoms with E-state index in [2.05, 4.69) is 18.7 Å². The molecule has 2 N–H and O–H groups in total. The van der Waals surface area contributed by atoms with E-state index in [1.807, 2.05) is 44.2 Å². The SMILES string of the molecule is CC1=C2[C@H](OC(=O)/C=C/c3ccccc3)[C@H](C(C)C)CC[C@]2(C)[C@@H](O)C[C@@H]1OO. The van der Waals surface area contributed by atoms with Crippen molar-refractivity contribution >= 4 is 12.0 Å². The number of hydrogen-bond acceptors (Lipinski definition) is 5. The number of aliphatic hydroxyl groups excluding tert-OH is 1. The summed E-state index contributed by atoms with van der Waals surface area (Å²) >= 11 is 0. The number of benzene rings is 1. The molecule has 0 amide bonds. The predicted molar refractivity (Wildman–Crippen MR) is 112 cm³/mol. The Hall–Kier alpha value is -1.95. The number of carbonyl (C=O) groups is 1. The summed E-state index contributed by atoms with van der Waals surface area (Å²) in [6, 6.07) is 9.60. The molecule has 5 heteroatoms. The van der Waals surface area contributed by atoms with Gasteiger partial charge in [0.25, 0.3) is 0 Å². The van der Waals surface area contributed by atoms with Crippen molar-refractivity contribution in [3.05, 3.63) is 53.1 Å². The van der Waals surface area contributed by atoms with Crippen molar-refractivity contribution in [1.29, 1.82) is 0 Å². The first-order valence-electron chi connectivity index (χ1n) is 10.4. The molecular formula is C24H32O5. The molecule has 1 aromatic rings. The van der Waals surface area contributed by atoms with Crippen molar-refractivity contribution < 1.29 is 24.8 Å². The van der Waals surface area contributed by atoms with Crippen molar-refractivity contribution in [2.75, 3.05) is 0 Å². The normalized spacial score (nSPS) is 32.5. The zero-order valence-electron chi connectivity index (χ0n) is 17.7. The molecular weight excluding hydrogens is 368 g/mol. The van der Waals surface area contributed by atoms with Crippen molar-refractivity contribution in [2.24, 2.45) is 17.3 Å². The van der Waals surface area contributed by atoms with Gasteiger partial charge in [0.15, 0.2) is 0 Å². The fraction of sp³-hybridized carbons (Fsp3) is 0.542. The summed E-state index contributed by atoms with van der Waals surface area (Å²) in [4.78, 5) is 17.3. The minimum absolute atomic E-state index is 0.145. The van der Waals surface area contributed by atoms with Gasteiger partial charge in [0.1, 0.15) is 12.2 Å². The third kappa shape index (κ3) is 4.32. The molecule has 0 unspecified atom stereocenters. The lowest BCUT2D eigenvalue weighted by atomic mass is 9.57. The standard InChI is InChI=1S/C24H32O5/c1-15(2)18-12-13-24(4)20(25)14-19(29-27)16(3)22(24)23(18)28-21(26)11-10-17-8-6-5-7-9-17/h5-11,15,18-20,23,25,27H,12-14H2,1-4H3/b11-10+/t18-,19-,20-,23+,24+/m0/s1. The van der Waals surface area contributed by atoms with Crippen LogP contribution in [0.3, 0.4) is 0 Å². The Morgan fingerprint density at radius 1 is 1.28 bits per heavy atom. The summed E-state index contributed by atoms with van der Waals surface area (Å²) in [7, 11) is 0. The highest BCUT2D eigenvalue weighted by molar-refractivity contribution is 5.87. The Kier molecular flexibility index (Phi) is 6.62. The van der Waals surface area contributed by atoms with Gasteiger partial charge in [-0.05, 0) is 48.5 Å². The summed E-state index contributed by atoms with van der Waals surface area (Å²) in [5.41, 5.74) is 2.20. The van der Waals surface area contributed by atoms with E-state index in [1.54, 1.807) is 6.08 Å². The van der Waals surface area contributed by atoms with Crippen LogP contribution >= 0.6 is 0 Å². The van der Waals surface area contributed by atoms with Gasteiger partial charge in [-0.3, -0.25) is 5.26 Å². The zero-order chi connectivity index (χ0) is 21.2. The second kappa shape index (κ2) is 8.82. The van der Waals surface area contributed by atoms with Crippen LogP contribution in [0, 0.1) is 17.3 Å². The van der Waals surface area contributed by atoms with E-state index in [0.717, 1.165) is 29.6 Å². The molecule has 0 radical (unpaired) electrons. The lowest BCUT2D eigenvalue weighted by Crippen LogP contribution is -2.52. The van der Waals surface area contributed by atoms with E-state index in [4.69, 9.17) is 4.74 Å². The average molecular weight is 401 g/mol. The number of fused-ring (bicyclic) bond motifs is 1. The minimum atomic E-state index is -0.660. The van der Waals surface area contributed by atoms with E-state index in [0.29, 0.717) is 12.3 Å². The van der Waals surface area contributed by atoms with Crippen LogP contribution in [0.5, 0.6) is 0 Å². The molecule has 1 fully saturated rings. The maximum Gasteiger partial charge on any atom is 0.331 e. The Balaban J connectivity index is 1.93. The Labute approximate surface area is 173 Å². The summed E-state index contributed by atoms with van der Waals surface area (Å²) in [5.74, 6) is 0.0469. The number of esters is 1.